The Bertz CT molecular complexity index is 631. The van der Waals surface area contributed by atoms with E-state index in [4.69, 9.17) is 4.74 Å². The van der Waals surface area contributed by atoms with Crippen molar-refractivity contribution in [2.75, 3.05) is 19.1 Å². The Morgan fingerprint density at radius 1 is 1.00 bits per heavy atom. The maximum atomic E-state index is 5.24. The van der Waals surface area contributed by atoms with Crippen molar-refractivity contribution in [2.45, 2.75) is 46.6 Å². The van der Waals surface area contributed by atoms with E-state index in [9.17, 15) is 0 Å². The van der Waals surface area contributed by atoms with E-state index < -0.39 is 0 Å². The minimum atomic E-state index is 0.697. The molecule has 2 heteroatoms. The van der Waals surface area contributed by atoms with Gasteiger partial charge in [0.15, 0.2) is 0 Å². The largest absolute Gasteiger partial charge is 0.497 e. The molecule has 2 rings (SSSR count). The van der Waals surface area contributed by atoms with Crippen LogP contribution in [0, 0.1) is 5.92 Å². The van der Waals surface area contributed by atoms with Gasteiger partial charge in [0.2, 0.25) is 0 Å². The molecule has 2 nitrogen and oxygen atoms in total. The second-order valence-corrected chi connectivity index (χ2v) is 7.02. The number of nitrogens with zero attached hydrogens (tertiary/aromatic N) is 1. The van der Waals surface area contributed by atoms with Gasteiger partial charge in [-0.1, -0.05) is 51.5 Å². The molecule has 130 valence electrons. The highest BCUT2D eigenvalue weighted by atomic mass is 16.5. The molecule has 0 aromatic heterocycles. The van der Waals surface area contributed by atoms with Crippen molar-refractivity contribution >= 4 is 5.69 Å². The molecule has 0 fully saturated rings. The van der Waals surface area contributed by atoms with Crippen molar-refractivity contribution in [1.82, 2.24) is 0 Å². The molecule has 0 amide bonds. The topological polar surface area (TPSA) is 12.5 Å². The van der Waals surface area contributed by atoms with Gasteiger partial charge in [0.05, 0.1) is 7.11 Å². The molecule has 0 aliphatic carbocycles. The van der Waals surface area contributed by atoms with Gasteiger partial charge in [-0.3, -0.25) is 0 Å². The normalized spacial score (nSPS) is 10.9. The van der Waals surface area contributed by atoms with Crippen LogP contribution in [0.25, 0.3) is 0 Å². The summed E-state index contributed by atoms with van der Waals surface area (Å²) in [6, 6.07) is 15.3. The minimum Gasteiger partial charge on any atom is -0.497 e. The highest BCUT2D eigenvalue weighted by molar-refractivity contribution is 5.55. The lowest BCUT2D eigenvalue weighted by Crippen LogP contribution is -2.18. The zero-order valence-corrected chi connectivity index (χ0v) is 15.8. The molecule has 0 bridgehead atoms. The smallest absolute Gasteiger partial charge is 0.118 e. The summed E-state index contributed by atoms with van der Waals surface area (Å²) in [6.45, 7) is 7.72. The first-order valence-electron chi connectivity index (χ1n) is 8.99. The molecule has 0 saturated carbocycles. The Morgan fingerprint density at radius 3 is 2.25 bits per heavy atom. The number of hydrogen-bond donors (Lipinski definition) is 0. The summed E-state index contributed by atoms with van der Waals surface area (Å²) < 4.78 is 5.24. The third kappa shape index (κ3) is 5.02. The Balaban J connectivity index is 2.18. The summed E-state index contributed by atoms with van der Waals surface area (Å²) in [5.41, 5.74) is 5.56. The van der Waals surface area contributed by atoms with Crippen LogP contribution >= 0.6 is 0 Å². The van der Waals surface area contributed by atoms with E-state index in [2.05, 4.69) is 63.1 Å². The predicted molar refractivity (Wildman–Crippen MR) is 104 cm³/mol. The molecule has 0 unspecified atom stereocenters. The fourth-order valence-electron chi connectivity index (χ4n) is 3.17. The number of hydrogen-bond acceptors (Lipinski definition) is 2. The molecular formula is C22H31NO. The summed E-state index contributed by atoms with van der Waals surface area (Å²) in [6.07, 6.45) is 3.46. The second-order valence-electron chi connectivity index (χ2n) is 7.02. The van der Waals surface area contributed by atoms with E-state index in [1.165, 1.54) is 28.8 Å². The molecular weight excluding hydrogens is 294 g/mol. The third-order valence-electron chi connectivity index (χ3n) is 4.30. The van der Waals surface area contributed by atoms with Crippen molar-refractivity contribution in [3.63, 3.8) is 0 Å². The standard InChI is InChI=1S/C22H31NO/c1-6-7-20-15-19(14-17(2)3)10-13-22(20)23(4)16-18-8-11-21(24-5)12-9-18/h8-13,15,17H,6-7,14,16H2,1-5H3. The van der Waals surface area contributed by atoms with E-state index in [0.29, 0.717) is 5.92 Å². The van der Waals surface area contributed by atoms with Crippen LogP contribution in [0.2, 0.25) is 0 Å². The fraction of sp³-hybridized carbons (Fsp3) is 0.455. The first-order chi connectivity index (χ1) is 11.5. The van der Waals surface area contributed by atoms with Gasteiger partial charge < -0.3 is 9.64 Å². The summed E-state index contributed by atoms with van der Waals surface area (Å²) in [5.74, 6) is 1.61. The predicted octanol–water partition coefficient (Wildman–Crippen LogP) is 5.48. The molecule has 0 atom stereocenters. The van der Waals surface area contributed by atoms with E-state index in [-0.39, 0.29) is 0 Å². The maximum Gasteiger partial charge on any atom is 0.118 e. The Kier molecular flexibility index (Phi) is 6.72. The van der Waals surface area contributed by atoms with Crippen LogP contribution in [0.5, 0.6) is 5.75 Å². The van der Waals surface area contributed by atoms with Crippen LogP contribution in [0.1, 0.15) is 43.9 Å². The number of anilines is 1. The van der Waals surface area contributed by atoms with Crippen LogP contribution in [0.3, 0.4) is 0 Å². The molecule has 0 heterocycles. The van der Waals surface area contributed by atoms with Crippen molar-refractivity contribution in [3.8, 4) is 5.75 Å². The molecule has 0 radical (unpaired) electrons. The number of aryl methyl sites for hydroxylation is 1. The van der Waals surface area contributed by atoms with Gasteiger partial charge in [-0.15, -0.1) is 0 Å². The number of ether oxygens (including phenoxy) is 1. The lowest BCUT2D eigenvalue weighted by Gasteiger charge is -2.24. The highest BCUT2D eigenvalue weighted by Crippen LogP contribution is 2.25. The van der Waals surface area contributed by atoms with Gasteiger partial charge in [0.1, 0.15) is 5.75 Å². The average Bonchev–Trinajstić information content (AvgIpc) is 2.55. The molecule has 24 heavy (non-hydrogen) atoms. The van der Waals surface area contributed by atoms with Crippen LogP contribution in [-0.4, -0.2) is 14.2 Å². The van der Waals surface area contributed by atoms with E-state index in [1.54, 1.807) is 7.11 Å². The lowest BCUT2D eigenvalue weighted by atomic mass is 9.97. The Morgan fingerprint density at radius 2 is 1.67 bits per heavy atom. The summed E-state index contributed by atoms with van der Waals surface area (Å²) >= 11 is 0. The van der Waals surface area contributed by atoms with Gasteiger partial charge in [0, 0.05) is 19.3 Å². The Labute approximate surface area is 147 Å². The monoisotopic (exact) mass is 325 g/mol. The van der Waals surface area contributed by atoms with E-state index in [0.717, 1.165) is 25.1 Å². The molecule has 2 aromatic rings. The lowest BCUT2D eigenvalue weighted by molar-refractivity contribution is 0.414. The highest BCUT2D eigenvalue weighted by Gasteiger charge is 2.10. The van der Waals surface area contributed by atoms with Gasteiger partial charge in [-0.25, -0.2) is 0 Å². The minimum absolute atomic E-state index is 0.697. The summed E-state index contributed by atoms with van der Waals surface area (Å²) in [5, 5.41) is 0. The van der Waals surface area contributed by atoms with Crippen LogP contribution in [0.4, 0.5) is 5.69 Å². The molecule has 0 aliphatic rings. The first-order valence-corrected chi connectivity index (χ1v) is 8.99. The SMILES string of the molecule is CCCc1cc(CC(C)C)ccc1N(C)Cc1ccc(OC)cc1. The molecule has 0 aliphatic heterocycles. The average molecular weight is 325 g/mol. The van der Waals surface area contributed by atoms with Gasteiger partial charge in [-0.2, -0.15) is 0 Å². The van der Waals surface area contributed by atoms with Gasteiger partial charge >= 0.3 is 0 Å². The fourth-order valence-corrected chi connectivity index (χ4v) is 3.17. The zero-order chi connectivity index (χ0) is 17.5. The van der Waals surface area contributed by atoms with Crippen molar-refractivity contribution in [2.24, 2.45) is 5.92 Å². The molecule has 0 N–H and O–H groups in total. The second kappa shape index (κ2) is 8.77. The van der Waals surface area contributed by atoms with Crippen molar-refractivity contribution < 1.29 is 4.74 Å². The summed E-state index contributed by atoms with van der Waals surface area (Å²) in [7, 11) is 3.89. The van der Waals surface area contributed by atoms with Gasteiger partial charge in [-0.05, 0) is 53.6 Å². The maximum absolute atomic E-state index is 5.24. The number of benzene rings is 2. The van der Waals surface area contributed by atoms with Crippen molar-refractivity contribution in [3.05, 3.63) is 59.2 Å². The molecule has 0 saturated heterocycles. The number of rotatable bonds is 8. The zero-order valence-electron chi connectivity index (χ0n) is 15.8. The van der Waals surface area contributed by atoms with E-state index >= 15 is 0 Å². The molecule has 2 aromatic carbocycles. The quantitative estimate of drug-likeness (QED) is 0.637. The third-order valence-corrected chi connectivity index (χ3v) is 4.30. The van der Waals surface area contributed by atoms with E-state index in [1.807, 2.05) is 12.1 Å². The summed E-state index contributed by atoms with van der Waals surface area (Å²) in [4.78, 5) is 2.35. The molecule has 0 spiro atoms. The first kappa shape index (κ1) is 18.4. The Hall–Kier alpha value is -1.96. The van der Waals surface area contributed by atoms with Crippen LogP contribution in [-0.2, 0) is 19.4 Å². The van der Waals surface area contributed by atoms with Gasteiger partial charge in [0.25, 0.3) is 0 Å². The van der Waals surface area contributed by atoms with Crippen LogP contribution in [0.15, 0.2) is 42.5 Å². The number of methoxy groups -OCH3 is 1. The van der Waals surface area contributed by atoms with Crippen molar-refractivity contribution in [1.29, 1.82) is 0 Å². The van der Waals surface area contributed by atoms with Crippen LogP contribution < -0.4 is 9.64 Å².